The van der Waals surface area contributed by atoms with Crippen molar-refractivity contribution < 1.29 is 4.74 Å². The molecule has 2 nitrogen and oxygen atoms in total. The van der Waals surface area contributed by atoms with E-state index in [9.17, 15) is 0 Å². The predicted molar refractivity (Wildman–Crippen MR) is 58.3 cm³/mol. The molecular weight excluding hydrogens is 174 g/mol. The van der Waals surface area contributed by atoms with Crippen LogP contribution in [0.2, 0.25) is 0 Å². The summed E-state index contributed by atoms with van der Waals surface area (Å²) in [6.07, 6.45) is 4.40. The summed E-state index contributed by atoms with van der Waals surface area (Å²) in [4.78, 5) is 0. The van der Waals surface area contributed by atoms with Gasteiger partial charge in [0.1, 0.15) is 0 Å². The maximum absolute atomic E-state index is 5.57. The Hall–Kier alpha value is -0.0800. The fourth-order valence-corrected chi connectivity index (χ4v) is 2.76. The van der Waals surface area contributed by atoms with E-state index < -0.39 is 0 Å². The Balaban J connectivity index is 1.80. The number of hydrogen-bond donors (Lipinski definition) is 1. The van der Waals surface area contributed by atoms with Crippen molar-refractivity contribution in [1.29, 1.82) is 0 Å². The maximum Gasteiger partial charge on any atom is 0.0700 e. The first-order chi connectivity index (χ1) is 6.68. The molecule has 0 amide bonds. The van der Waals surface area contributed by atoms with Gasteiger partial charge in [-0.15, -0.1) is 0 Å². The van der Waals surface area contributed by atoms with Gasteiger partial charge in [0.25, 0.3) is 0 Å². The lowest BCUT2D eigenvalue weighted by atomic mass is 9.72. The van der Waals surface area contributed by atoms with E-state index in [0.717, 1.165) is 24.5 Å². The Bertz CT molecular complexity index is 193. The SMILES string of the molecule is CC(C)C1CCC1NC1CCOC1C. The minimum Gasteiger partial charge on any atom is -0.377 e. The first kappa shape index (κ1) is 10.4. The van der Waals surface area contributed by atoms with Crippen molar-refractivity contribution in [3.63, 3.8) is 0 Å². The molecule has 2 aliphatic rings. The van der Waals surface area contributed by atoms with Gasteiger partial charge >= 0.3 is 0 Å². The molecule has 1 saturated heterocycles. The average molecular weight is 197 g/mol. The molecule has 1 saturated carbocycles. The first-order valence-corrected chi connectivity index (χ1v) is 6.06. The lowest BCUT2D eigenvalue weighted by Crippen LogP contribution is -2.52. The summed E-state index contributed by atoms with van der Waals surface area (Å²) in [6, 6.07) is 1.38. The van der Waals surface area contributed by atoms with Crippen LogP contribution in [0.1, 0.15) is 40.0 Å². The second kappa shape index (κ2) is 4.19. The summed E-state index contributed by atoms with van der Waals surface area (Å²) in [5.41, 5.74) is 0. The van der Waals surface area contributed by atoms with Gasteiger partial charge in [0.15, 0.2) is 0 Å². The highest BCUT2D eigenvalue weighted by atomic mass is 16.5. The topological polar surface area (TPSA) is 21.3 Å². The van der Waals surface area contributed by atoms with Gasteiger partial charge in [-0.25, -0.2) is 0 Å². The molecule has 1 N–H and O–H groups in total. The van der Waals surface area contributed by atoms with Gasteiger partial charge in [-0.1, -0.05) is 13.8 Å². The van der Waals surface area contributed by atoms with Gasteiger partial charge in [-0.05, 0) is 38.0 Å². The normalized spacial score (nSPS) is 42.9. The quantitative estimate of drug-likeness (QED) is 0.749. The Morgan fingerprint density at radius 1 is 1.14 bits per heavy atom. The molecule has 2 fully saturated rings. The summed E-state index contributed by atoms with van der Waals surface area (Å²) < 4.78 is 5.57. The average Bonchev–Trinajstić information content (AvgIpc) is 2.44. The highest BCUT2D eigenvalue weighted by Crippen LogP contribution is 2.34. The monoisotopic (exact) mass is 197 g/mol. The fourth-order valence-electron chi connectivity index (χ4n) is 2.76. The third-order valence-electron chi connectivity index (χ3n) is 3.99. The minimum absolute atomic E-state index is 0.420. The fraction of sp³-hybridized carbons (Fsp3) is 1.00. The molecule has 4 atom stereocenters. The lowest BCUT2D eigenvalue weighted by molar-refractivity contribution is 0.0903. The van der Waals surface area contributed by atoms with Crippen molar-refractivity contribution >= 4 is 0 Å². The van der Waals surface area contributed by atoms with Crippen LogP contribution in [0, 0.1) is 11.8 Å². The van der Waals surface area contributed by atoms with Crippen LogP contribution in [0.15, 0.2) is 0 Å². The molecule has 14 heavy (non-hydrogen) atoms. The Morgan fingerprint density at radius 2 is 1.93 bits per heavy atom. The zero-order valence-corrected chi connectivity index (χ0v) is 9.62. The van der Waals surface area contributed by atoms with E-state index in [-0.39, 0.29) is 0 Å². The Kier molecular flexibility index (Phi) is 3.13. The molecule has 0 aromatic heterocycles. The van der Waals surface area contributed by atoms with E-state index in [4.69, 9.17) is 4.74 Å². The first-order valence-electron chi connectivity index (χ1n) is 6.06. The molecule has 0 spiro atoms. The van der Waals surface area contributed by atoms with Crippen molar-refractivity contribution in [3.8, 4) is 0 Å². The number of ether oxygens (including phenoxy) is 1. The van der Waals surface area contributed by atoms with Crippen LogP contribution in [0.25, 0.3) is 0 Å². The van der Waals surface area contributed by atoms with Crippen LogP contribution >= 0.6 is 0 Å². The standard InChI is InChI=1S/C12H23NO/c1-8(2)10-4-5-12(10)13-11-6-7-14-9(11)3/h8-13H,4-7H2,1-3H3. The summed E-state index contributed by atoms with van der Waals surface area (Å²) in [5.74, 6) is 1.74. The number of rotatable bonds is 3. The van der Waals surface area contributed by atoms with Crippen LogP contribution < -0.4 is 5.32 Å². The Labute approximate surface area is 87.4 Å². The van der Waals surface area contributed by atoms with Gasteiger partial charge in [0, 0.05) is 18.7 Å². The zero-order chi connectivity index (χ0) is 10.1. The van der Waals surface area contributed by atoms with Crippen molar-refractivity contribution in [1.82, 2.24) is 5.32 Å². The molecule has 4 unspecified atom stereocenters. The zero-order valence-electron chi connectivity index (χ0n) is 9.62. The predicted octanol–water partition coefficient (Wildman–Crippen LogP) is 2.19. The van der Waals surface area contributed by atoms with Crippen LogP contribution in [0.3, 0.4) is 0 Å². The van der Waals surface area contributed by atoms with Crippen LogP contribution in [0.4, 0.5) is 0 Å². The van der Waals surface area contributed by atoms with E-state index in [1.165, 1.54) is 19.3 Å². The Morgan fingerprint density at radius 3 is 2.36 bits per heavy atom. The number of hydrogen-bond acceptors (Lipinski definition) is 2. The molecular formula is C12H23NO. The van der Waals surface area contributed by atoms with Crippen LogP contribution in [-0.2, 0) is 4.74 Å². The molecule has 82 valence electrons. The van der Waals surface area contributed by atoms with Gasteiger partial charge in [-0.3, -0.25) is 0 Å². The van der Waals surface area contributed by atoms with E-state index in [2.05, 4.69) is 26.1 Å². The van der Waals surface area contributed by atoms with E-state index in [1.54, 1.807) is 0 Å². The number of nitrogens with one attached hydrogen (secondary N) is 1. The summed E-state index contributed by atoms with van der Waals surface area (Å²) in [6.45, 7) is 7.81. The molecule has 0 radical (unpaired) electrons. The van der Waals surface area contributed by atoms with E-state index in [1.807, 2.05) is 0 Å². The van der Waals surface area contributed by atoms with Gasteiger partial charge in [0.05, 0.1) is 6.10 Å². The molecule has 1 aliphatic heterocycles. The highest BCUT2D eigenvalue weighted by molar-refractivity contribution is 4.92. The molecule has 2 rings (SSSR count). The van der Waals surface area contributed by atoms with Gasteiger partial charge < -0.3 is 10.1 Å². The van der Waals surface area contributed by atoms with E-state index in [0.29, 0.717) is 12.1 Å². The third kappa shape index (κ3) is 1.96. The van der Waals surface area contributed by atoms with Crippen molar-refractivity contribution in [2.24, 2.45) is 11.8 Å². The molecule has 2 heteroatoms. The molecule has 1 heterocycles. The van der Waals surface area contributed by atoms with E-state index >= 15 is 0 Å². The molecule has 1 aliphatic carbocycles. The second-order valence-corrected chi connectivity index (χ2v) is 5.23. The summed E-state index contributed by atoms with van der Waals surface area (Å²) in [7, 11) is 0. The molecule has 0 aromatic rings. The van der Waals surface area contributed by atoms with Crippen LogP contribution in [-0.4, -0.2) is 24.8 Å². The summed E-state index contributed by atoms with van der Waals surface area (Å²) >= 11 is 0. The van der Waals surface area contributed by atoms with Crippen molar-refractivity contribution in [2.45, 2.75) is 58.2 Å². The molecule has 0 bridgehead atoms. The minimum atomic E-state index is 0.420. The van der Waals surface area contributed by atoms with Crippen molar-refractivity contribution in [3.05, 3.63) is 0 Å². The van der Waals surface area contributed by atoms with Gasteiger partial charge in [0.2, 0.25) is 0 Å². The summed E-state index contributed by atoms with van der Waals surface area (Å²) in [5, 5.41) is 3.77. The van der Waals surface area contributed by atoms with Crippen molar-refractivity contribution in [2.75, 3.05) is 6.61 Å². The van der Waals surface area contributed by atoms with Crippen LogP contribution in [0.5, 0.6) is 0 Å². The maximum atomic E-state index is 5.57. The molecule has 0 aromatic carbocycles. The highest BCUT2D eigenvalue weighted by Gasteiger charge is 2.36. The lowest BCUT2D eigenvalue weighted by Gasteiger charge is -2.42. The largest absolute Gasteiger partial charge is 0.377 e. The second-order valence-electron chi connectivity index (χ2n) is 5.23. The van der Waals surface area contributed by atoms with Gasteiger partial charge in [-0.2, -0.15) is 0 Å². The third-order valence-corrected chi connectivity index (χ3v) is 3.99. The smallest absolute Gasteiger partial charge is 0.0700 e.